The number of fused-ring (bicyclic) bond motifs is 1. The molecule has 7 heteroatoms. The molecule has 142 valence electrons. The lowest BCUT2D eigenvalue weighted by Gasteiger charge is -2.19. The molecule has 0 aromatic carbocycles. The maximum absolute atomic E-state index is 13.3. The van der Waals surface area contributed by atoms with E-state index in [2.05, 4.69) is 10.3 Å². The van der Waals surface area contributed by atoms with Gasteiger partial charge < -0.3 is 16.0 Å². The number of pyridine rings is 1. The van der Waals surface area contributed by atoms with Gasteiger partial charge >= 0.3 is 0 Å². The zero-order valence-electron chi connectivity index (χ0n) is 15.2. The van der Waals surface area contributed by atoms with E-state index in [1.165, 1.54) is 11.1 Å². The fourth-order valence-electron chi connectivity index (χ4n) is 3.92. The maximum atomic E-state index is 13.3. The molecule has 6 nitrogen and oxygen atoms in total. The molecule has 1 aliphatic heterocycles. The largest absolute Gasteiger partial charge is 0.338 e. The highest BCUT2D eigenvalue weighted by Crippen LogP contribution is 2.39. The van der Waals surface area contributed by atoms with Gasteiger partial charge in [-0.3, -0.25) is 14.6 Å². The number of aromatic nitrogens is 1. The number of thiophene rings is 1. The second-order valence-electron chi connectivity index (χ2n) is 7.25. The SMILES string of the molecule is NCC1CCN(C(=O)c2c(NC(=O)c3cccnc3)sc3c2CCCC3)C1. The molecule has 1 unspecified atom stereocenters. The average molecular weight is 385 g/mol. The first-order chi connectivity index (χ1) is 13.2. The minimum atomic E-state index is -0.225. The number of carbonyl (C=O) groups is 2. The van der Waals surface area contributed by atoms with Gasteiger partial charge in [0.25, 0.3) is 11.8 Å². The highest BCUT2D eigenvalue weighted by molar-refractivity contribution is 7.17. The number of nitrogens with two attached hydrogens (primary N) is 1. The molecular formula is C20H24N4O2S. The van der Waals surface area contributed by atoms with Gasteiger partial charge in [-0.2, -0.15) is 0 Å². The first kappa shape index (κ1) is 18.1. The van der Waals surface area contributed by atoms with Crippen molar-refractivity contribution < 1.29 is 9.59 Å². The summed E-state index contributed by atoms with van der Waals surface area (Å²) in [5, 5.41) is 3.66. The molecule has 2 aromatic rings. The van der Waals surface area contributed by atoms with Gasteiger partial charge in [0.1, 0.15) is 5.00 Å². The van der Waals surface area contributed by atoms with E-state index in [1.54, 1.807) is 29.7 Å². The Kier molecular flexibility index (Phi) is 5.22. The van der Waals surface area contributed by atoms with Crippen molar-refractivity contribution in [2.45, 2.75) is 32.1 Å². The number of hydrogen-bond acceptors (Lipinski definition) is 5. The standard InChI is InChI=1S/C20H24N4O2S/c21-10-13-7-9-24(12-13)20(26)17-15-5-1-2-6-16(15)27-19(17)23-18(25)14-4-3-8-22-11-14/h3-4,8,11,13H,1-2,5-7,9-10,12,21H2,(H,23,25). The first-order valence-corrected chi connectivity index (χ1v) is 10.3. The van der Waals surface area contributed by atoms with Crippen LogP contribution in [0.2, 0.25) is 0 Å². The van der Waals surface area contributed by atoms with Crippen LogP contribution in [0.5, 0.6) is 0 Å². The molecule has 3 heterocycles. The van der Waals surface area contributed by atoms with Crippen molar-refractivity contribution in [2.24, 2.45) is 11.7 Å². The number of rotatable bonds is 4. The molecule has 1 aliphatic carbocycles. The van der Waals surface area contributed by atoms with E-state index in [9.17, 15) is 9.59 Å². The predicted octanol–water partition coefficient (Wildman–Crippen LogP) is 2.70. The van der Waals surface area contributed by atoms with E-state index >= 15 is 0 Å². The van der Waals surface area contributed by atoms with Gasteiger partial charge in [-0.15, -0.1) is 11.3 Å². The summed E-state index contributed by atoms with van der Waals surface area (Å²) < 4.78 is 0. The number of hydrogen-bond donors (Lipinski definition) is 2. The van der Waals surface area contributed by atoms with Crippen molar-refractivity contribution in [3.05, 3.63) is 46.1 Å². The van der Waals surface area contributed by atoms with Gasteiger partial charge in [0.05, 0.1) is 11.1 Å². The Labute approximate surface area is 162 Å². The minimum absolute atomic E-state index is 0.0341. The smallest absolute Gasteiger partial charge is 0.257 e. The van der Waals surface area contributed by atoms with Gasteiger partial charge in [-0.05, 0) is 62.3 Å². The Morgan fingerprint density at radius 3 is 2.93 bits per heavy atom. The molecule has 0 radical (unpaired) electrons. The lowest BCUT2D eigenvalue weighted by molar-refractivity contribution is 0.0788. The summed E-state index contributed by atoms with van der Waals surface area (Å²) in [6, 6.07) is 3.46. The van der Waals surface area contributed by atoms with Crippen molar-refractivity contribution in [3.8, 4) is 0 Å². The van der Waals surface area contributed by atoms with E-state index in [-0.39, 0.29) is 11.8 Å². The minimum Gasteiger partial charge on any atom is -0.338 e. The normalized spacial score (nSPS) is 19.0. The number of carbonyl (C=O) groups excluding carboxylic acids is 2. The van der Waals surface area contributed by atoms with Crippen molar-refractivity contribution in [1.29, 1.82) is 0 Å². The second-order valence-corrected chi connectivity index (χ2v) is 8.36. The van der Waals surface area contributed by atoms with Crippen molar-refractivity contribution in [3.63, 3.8) is 0 Å². The first-order valence-electron chi connectivity index (χ1n) is 9.52. The Morgan fingerprint density at radius 1 is 1.33 bits per heavy atom. The summed E-state index contributed by atoms with van der Waals surface area (Å²) in [4.78, 5) is 33.1. The molecule has 1 saturated heterocycles. The Bertz CT molecular complexity index is 849. The fraction of sp³-hybridized carbons (Fsp3) is 0.450. The molecule has 0 spiro atoms. The van der Waals surface area contributed by atoms with Crippen LogP contribution in [0.3, 0.4) is 0 Å². The summed E-state index contributed by atoms with van der Waals surface area (Å²) in [6.45, 7) is 2.05. The molecule has 2 aromatic heterocycles. The number of amides is 2. The molecule has 27 heavy (non-hydrogen) atoms. The van der Waals surface area contributed by atoms with E-state index in [4.69, 9.17) is 5.73 Å². The van der Waals surface area contributed by atoms with Gasteiger partial charge in [0.15, 0.2) is 0 Å². The number of nitrogens with zero attached hydrogens (tertiary/aromatic N) is 2. The summed E-state index contributed by atoms with van der Waals surface area (Å²) in [7, 11) is 0. The van der Waals surface area contributed by atoms with Crippen LogP contribution in [0.15, 0.2) is 24.5 Å². The molecule has 1 fully saturated rings. The summed E-state index contributed by atoms with van der Waals surface area (Å²) >= 11 is 1.55. The Hall–Kier alpha value is -2.25. The molecule has 4 rings (SSSR count). The molecule has 2 amide bonds. The van der Waals surface area contributed by atoms with Crippen LogP contribution in [-0.4, -0.2) is 41.3 Å². The third kappa shape index (κ3) is 3.61. The topological polar surface area (TPSA) is 88.3 Å². The number of aryl methyl sites for hydroxylation is 1. The van der Waals surface area contributed by atoms with Crippen molar-refractivity contribution >= 4 is 28.2 Å². The molecular weight excluding hydrogens is 360 g/mol. The monoisotopic (exact) mass is 384 g/mol. The third-order valence-corrected chi connectivity index (χ3v) is 6.65. The Balaban J connectivity index is 1.64. The number of likely N-dealkylation sites (tertiary alicyclic amines) is 1. The van der Waals surface area contributed by atoms with Gasteiger partial charge in [0, 0.05) is 30.4 Å². The predicted molar refractivity (Wildman–Crippen MR) is 106 cm³/mol. The highest BCUT2D eigenvalue weighted by atomic mass is 32.1. The Morgan fingerprint density at radius 2 is 2.19 bits per heavy atom. The van der Waals surface area contributed by atoms with Crippen LogP contribution >= 0.6 is 11.3 Å². The number of anilines is 1. The van der Waals surface area contributed by atoms with Crippen LogP contribution in [0.4, 0.5) is 5.00 Å². The molecule has 0 saturated carbocycles. The lowest BCUT2D eigenvalue weighted by Crippen LogP contribution is -2.31. The molecule has 1 atom stereocenters. The maximum Gasteiger partial charge on any atom is 0.257 e. The summed E-state index contributed by atoms with van der Waals surface area (Å²) in [5.74, 6) is 0.181. The summed E-state index contributed by atoms with van der Waals surface area (Å²) in [6.07, 6.45) is 8.24. The van der Waals surface area contributed by atoms with Gasteiger partial charge in [-0.1, -0.05) is 0 Å². The van der Waals surface area contributed by atoms with Crippen LogP contribution < -0.4 is 11.1 Å². The second kappa shape index (κ2) is 7.78. The van der Waals surface area contributed by atoms with Crippen LogP contribution in [0, 0.1) is 5.92 Å². The van der Waals surface area contributed by atoms with E-state index in [0.717, 1.165) is 44.2 Å². The fourth-order valence-corrected chi connectivity index (χ4v) is 5.20. The van der Waals surface area contributed by atoms with E-state index < -0.39 is 0 Å². The quantitative estimate of drug-likeness (QED) is 0.848. The van der Waals surface area contributed by atoms with E-state index in [1.807, 2.05) is 4.90 Å². The van der Waals surface area contributed by atoms with Crippen LogP contribution in [0.1, 0.15) is 50.4 Å². The molecule has 0 bridgehead atoms. The lowest BCUT2D eigenvalue weighted by atomic mass is 9.95. The van der Waals surface area contributed by atoms with Crippen LogP contribution in [0.25, 0.3) is 0 Å². The zero-order valence-corrected chi connectivity index (χ0v) is 16.1. The van der Waals surface area contributed by atoms with Crippen LogP contribution in [-0.2, 0) is 12.8 Å². The average Bonchev–Trinajstić information content (AvgIpc) is 3.32. The zero-order chi connectivity index (χ0) is 18.8. The number of nitrogens with one attached hydrogen (secondary N) is 1. The molecule has 2 aliphatic rings. The summed E-state index contributed by atoms with van der Waals surface area (Å²) in [5.41, 5.74) is 8.11. The van der Waals surface area contributed by atoms with Crippen molar-refractivity contribution in [2.75, 3.05) is 25.0 Å². The van der Waals surface area contributed by atoms with Crippen molar-refractivity contribution in [1.82, 2.24) is 9.88 Å². The van der Waals surface area contributed by atoms with Gasteiger partial charge in [0.2, 0.25) is 0 Å². The molecule has 3 N–H and O–H groups in total. The third-order valence-electron chi connectivity index (χ3n) is 5.44. The van der Waals surface area contributed by atoms with Gasteiger partial charge in [-0.25, -0.2) is 0 Å². The highest BCUT2D eigenvalue weighted by Gasteiger charge is 2.32. The van der Waals surface area contributed by atoms with E-state index in [0.29, 0.717) is 35.1 Å².